The number of hydrogen-bond donors (Lipinski definition) is 3. The van der Waals surface area contributed by atoms with Gasteiger partial charge in [-0.15, -0.1) is 0 Å². The molecule has 0 radical (unpaired) electrons. The molecule has 2 aromatic heterocycles. The maximum absolute atomic E-state index is 11.7. The molecule has 7 heteroatoms. The van der Waals surface area contributed by atoms with E-state index in [0.717, 1.165) is 28.2 Å². The molecule has 0 atom stereocenters. The molecular formula is C19H24N6O. The summed E-state index contributed by atoms with van der Waals surface area (Å²) in [6.45, 7) is 8.30. The normalized spacial score (nSPS) is 11.0. The third-order valence-corrected chi connectivity index (χ3v) is 3.97. The van der Waals surface area contributed by atoms with Crippen LogP contribution in [0.5, 0.6) is 0 Å². The highest BCUT2D eigenvalue weighted by atomic mass is 16.2. The standard InChI is InChI=1S/C19H24N6O/c1-5-25(13(4)26)15-8-6-14(7-9-15)22-19-23-17-16(10-11-20-17)18(24-19)21-12(2)3/h6-12H,5H2,1-4H3,(H3,20,21,22,23,24). The minimum atomic E-state index is 0.0261. The number of rotatable bonds is 6. The second-order valence-corrected chi connectivity index (χ2v) is 6.37. The molecule has 1 aromatic carbocycles. The zero-order valence-electron chi connectivity index (χ0n) is 15.5. The molecule has 0 aliphatic carbocycles. The van der Waals surface area contributed by atoms with Crippen LogP contribution in [-0.4, -0.2) is 33.4 Å². The lowest BCUT2D eigenvalue weighted by Gasteiger charge is -2.19. The van der Waals surface area contributed by atoms with Gasteiger partial charge in [-0.25, -0.2) is 0 Å². The van der Waals surface area contributed by atoms with Crippen molar-refractivity contribution in [3.05, 3.63) is 36.5 Å². The van der Waals surface area contributed by atoms with Gasteiger partial charge in [0.2, 0.25) is 11.9 Å². The first-order chi connectivity index (χ1) is 12.5. The molecule has 3 aromatic rings. The summed E-state index contributed by atoms with van der Waals surface area (Å²) in [5.41, 5.74) is 2.50. The largest absolute Gasteiger partial charge is 0.367 e. The predicted octanol–water partition coefficient (Wildman–Crippen LogP) is 3.89. The number of carbonyl (C=O) groups is 1. The van der Waals surface area contributed by atoms with Gasteiger partial charge >= 0.3 is 0 Å². The fourth-order valence-electron chi connectivity index (χ4n) is 2.82. The molecule has 136 valence electrons. The minimum absolute atomic E-state index is 0.0261. The third-order valence-electron chi connectivity index (χ3n) is 3.97. The zero-order chi connectivity index (χ0) is 18.7. The Morgan fingerprint density at radius 3 is 2.54 bits per heavy atom. The minimum Gasteiger partial charge on any atom is -0.367 e. The molecule has 0 bridgehead atoms. The first kappa shape index (κ1) is 17.7. The van der Waals surface area contributed by atoms with Crippen LogP contribution < -0.4 is 15.5 Å². The molecule has 0 unspecified atom stereocenters. The number of H-pyrrole nitrogens is 1. The van der Waals surface area contributed by atoms with E-state index < -0.39 is 0 Å². The van der Waals surface area contributed by atoms with Crippen LogP contribution in [0.4, 0.5) is 23.1 Å². The van der Waals surface area contributed by atoms with Crippen molar-refractivity contribution in [3.8, 4) is 0 Å². The Morgan fingerprint density at radius 2 is 1.92 bits per heavy atom. The quantitative estimate of drug-likeness (QED) is 0.626. The van der Waals surface area contributed by atoms with Gasteiger partial charge in [-0.05, 0) is 51.1 Å². The lowest BCUT2D eigenvalue weighted by atomic mass is 10.2. The van der Waals surface area contributed by atoms with Gasteiger partial charge in [0.05, 0.1) is 5.39 Å². The van der Waals surface area contributed by atoms with Gasteiger partial charge in [0, 0.05) is 37.1 Å². The van der Waals surface area contributed by atoms with Crippen LogP contribution in [0, 0.1) is 0 Å². The molecule has 0 spiro atoms. The summed E-state index contributed by atoms with van der Waals surface area (Å²) in [6.07, 6.45) is 1.85. The molecule has 0 saturated heterocycles. The van der Waals surface area contributed by atoms with Crippen LogP contribution in [-0.2, 0) is 4.79 Å². The number of fused-ring (bicyclic) bond motifs is 1. The Hall–Kier alpha value is -3.09. The van der Waals surface area contributed by atoms with Gasteiger partial charge in [0.1, 0.15) is 11.5 Å². The number of anilines is 4. The van der Waals surface area contributed by atoms with Crippen molar-refractivity contribution in [1.29, 1.82) is 0 Å². The number of amides is 1. The van der Waals surface area contributed by atoms with E-state index in [0.29, 0.717) is 12.5 Å². The maximum Gasteiger partial charge on any atom is 0.231 e. The highest BCUT2D eigenvalue weighted by molar-refractivity contribution is 5.91. The van der Waals surface area contributed by atoms with Crippen molar-refractivity contribution in [3.63, 3.8) is 0 Å². The average Bonchev–Trinajstić information content (AvgIpc) is 3.05. The Bertz CT molecular complexity index is 900. The predicted molar refractivity (Wildman–Crippen MR) is 106 cm³/mol. The third kappa shape index (κ3) is 3.77. The van der Waals surface area contributed by atoms with E-state index in [-0.39, 0.29) is 11.9 Å². The van der Waals surface area contributed by atoms with Gasteiger partial charge in [0.15, 0.2) is 0 Å². The smallest absolute Gasteiger partial charge is 0.231 e. The Kier molecular flexibility index (Phi) is 5.06. The molecule has 0 fully saturated rings. The Balaban J connectivity index is 1.85. The fourth-order valence-corrected chi connectivity index (χ4v) is 2.82. The monoisotopic (exact) mass is 352 g/mol. The van der Waals surface area contributed by atoms with Crippen LogP contribution in [0.3, 0.4) is 0 Å². The van der Waals surface area contributed by atoms with E-state index in [9.17, 15) is 4.79 Å². The van der Waals surface area contributed by atoms with Crippen molar-refractivity contribution in [1.82, 2.24) is 15.0 Å². The van der Waals surface area contributed by atoms with Gasteiger partial charge < -0.3 is 20.5 Å². The number of benzene rings is 1. The summed E-state index contributed by atoms with van der Waals surface area (Å²) in [5, 5.41) is 7.53. The number of nitrogens with zero attached hydrogens (tertiary/aromatic N) is 3. The van der Waals surface area contributed by atoms with Gasteiger partial charge in [0.25, 0.3) is 0 Å². The molecule has 26 heavy (non-hydrogen) atoms. The van der Waals surface area contributed by atoms with Crippen LogP contribution >= 0.6 is 0 Å². The summed E-state index contributed by atoms with van der Waals surface area (Å²) in [4.78, 5) is 25.6. The molecule has 2 heterocycles. The second kappa shape index (κ2) is 7.43. The molecule has 0 aliphatic heterocycles. The lowest BCUT2D eigenvalue weighted by molar-refractivity contribution is -0.116. The van der Waals surface area contributed by atoms with E-state index >= 15 is 0 Å². The van der Waals surface area contributed by atoms with E-state index in [1.807, 2.05) is 43.5 Å². The number of aromatic nitrogens is 3. The zero-order valence-corrected chi connectivity index (χ0v) is 15.5. The van der Waals surface area contributed by atoms with Crippen LogP contribution in [0.15, 0.2) is 36.5 Å². The van der Waals surface area contributed by atoms with Crippen LogP contribution in [0.2, 0.25) is 0 Å². The molecule has 3 N–H and O–H groups in total. The number of carbonyl (C=O) groups excluding carboxylic acids is 1. The lowest BCUT2D eigenvalue weighted by Crippen LogP contribution is -2.27. The molecule has 3 rings (SSSR count). The molecule has 0 aliphatic rings. The summed E-state index contributed by atoms with van der Waals surface area (Å²) >= 11 is 0. The van der Waals surface area contributed by atoms with Crippen molar-refractivity contribution in [2.75, 3.05) is 22.1 Å². The summed E-state index contributed by atoms with van der Waals surface area (Å²) in [5.74, 6) is 1.33. The first-order valence-electron chi connectivity index (χ1n) is 8.74. The van der Waals surface area contributed by atoms with E-state index in [4.69, 9.17) is 0 Å². The fraction of sp³-hybridized carbons (Fsp3) is 0.316. The molecule has 0 saturated carbocycles. The van der Waals surface area contributed by atoms with Crippen molar-refractivity contribution >= 4 is 40.1 Å². The van der Waals surface area contributed by atoms with Gasteiger partial charge in [-0.3, -0.25) is 4.79 Å². The van der Waals surface area contributed by atoms with E-state index in [1.165, 1.54) is 0 Å². The van der Waals surface area contributed by atoms with Crippen molar-refractivity contribution in [2.24, 2.45) is 0 Å². The van der Waals surface area contributed by atoms with Gasteiger partial charge in [-0.2, -0.15) is 9.97 Å². The number of aromatic amines is 1. The Morgan fingerprint density at radius 1 is 1.19 bits per heavy atom. The van der Waals surface area contributed by atoms with Crippen LogP contribution in [0.25, 0.3) is 11.0 Å². The SMILES string of the molecule is CCN(C(C)=O)c1ccc(Nc2nc(NC(C)C)c3cc[nH]c3n2)cc1. The average molecular weight is 352 g/mol. The van der Waals surface area contributed by atoms with Crippen molar-refractivity contribution in [2.45, 2.75) is 33.7 Å². The van der Waals surface area contributed by atoms with Crippen molar-refractivity contribution < 1.29 is 4.79 Å². The topological polar surface area (TPSA) is 85.9 Å². The van der Waals surface area contributed by atoms with E-state index in [1.54, 1.807) is 11.8 Å². The summed E-state index contributed by atoms with van der Waals surface area (Å²) < 4.78 is 0. The van der Waals surface area contributed by atoms with E-state index in [2.05, 4.69) is 39.4 Å². The summed E-state index contributed by atoms with van der Waals surface area (Å²) in [6, 6.07) is 9.88. The molecule has 1 amide bonds. The second-order valence-electron chi connectivity index (χ2n) is 6.37. The summed E-state index contributed by atoms with van der Waals surface area (Å²) in [7, 11) is 0. The highest BCUT2D eigenvalue weighted by Gasteiger charge is 2.11. The van der Waals surface area contributed by atoms with Crippen LogP contribution in [0.1, 0.15) is 27.7 Å². The maximum atomic E-state index is 11.7. The Labute approximate surface area is 152 Å². The molecular weight excluding hydrogens is 328 g/mol. The number of hydrogen-bond acceptors (Lipinski definition) is 5. The first-order valence-corrected chi connectivity index (χ1v) is 8.74. The highest BCUT2D eigenvalue weighted by Crippen LogP contribution is 2.24. The van der Waals surface area contributed by atoms with Gasteiger partial charge in [-0.1, -0.05) is 0 Å². The number of nitrogens with one attached hydrogen (secondary N) is 3. The molecule has 7 nitrogen and oxygen atoms in total.